The predicted octanol–water partition coefficient (Wildman–Crippen LogP) is 7.29. The molecule has 1 fully saturated rings. The number of ether oxygens (including phenoxy) is 2. The van der Waals surface area contributed by atoms with Gasteiger partial charge in [0, 0.05) is 35.1 Å². The molecule has 50 heavy (non-hydrogen) atoms. The number of anilines is 1. The Kier molecular flexibility index (Phi) is 12.7. The smallest absolute Gasteiger partial charge is 0.264 e. The molecule has 0 heterocycles. The van der Waals surface area contributed by atoms with Crippen LogP contribution in [0.1, 0.15) is 43.2 Å². The number of sulfonamides is 1. The van der Waals surface area contributed by atoms with Gasteiger partial charge >= 0.3 is 0 Å². The highest BCUT2D eigenvalue weighted by Crippen LogP contribution is 2.34. The van der Waals surface area contributed by atoms with Gasteiger partial charge in [0.2, 0.25) is 11.8 Å². The minimum Gasteiger partial charge on any atom is -0.493 e. The molecular weight excluding hydrogens is 697 g/mol. The van der Waals surface area contributed by atoms with E-state index in [-0.39, 0.29) is 41.2 Å². The van der Waals surface area contributed by atoms with Crippen molar-refractivity contribution in [3.63, 3.8) is 0 Å². The summed E-state index contributed by atoms with van der Waals surface area (Å²) in [7, 11) is -1.38. The standard InChI is InChI=1S/C38H41Cl2N3O6S/c1-48-35-21-20-31(24-36(35)49-2)43(50(46,47)32-16-10-5-11-17-32)26-37(44)42(25-28-18-19-29(39)23-33(28)40)34(22-27-12-6-3-7-13-27)38(45)41-30-14-8-4-9-15-30/h3,5-7,10-13,16-21,23-24,30,34H,4,8-9,14-15,22,25-26H2,1-2H3,(H,41,45)/t34-/m1/s1. The van der Waals surface area contributed by atoms with Gasteiger partial charge in [0.15, 0.2) is 11.5 Å². The molecule has 2 amide bonds. The number of carbonyl (C=O) groups excluding carboxylic acids is 2. The number of rotatable bonds is 14. The van der Waals surface area contributed by atoms with Crippen molar-refractivity contribution in [1.29, 1.82) is 0 Å². The third-order valence-corrected chi connectivity index (χ3v) is 11.2. The Bertz CT molecular complexity index is 1870. The highest BCUT2D eigenvalue weighted by atomic mass is 35.5. The lowest BCUT2D eigenvalue weighted by Gasteiger charge is -2.35. The second-order valence-electron chi connectivity index (χ2n) is 12.2. The molecule has 12 heteroatoms. The molecule has 1 aliphatic rings. The molecule has 1 saturated carbocycles. The Morgan fingerprint density at radius 3 is 2.14 bits per heavy atom. The van der Waals surface area contributed by atoms with Gasteiger partial charge in [0.1, 0.15) is 12.6 Å². The van der Waals surface area contributed by atoms with Gasteiger partial charge in [-0.3, -0.25) is 13.9 Å². The van der Waals surface area contributed by atoms with E-state index < -0.39 is 28.5 Å². The first-order chi connectivity index (χ1) is 24.1. The lowest BCUT2D eigenvalue weighted by Crippen LogP contribution is -2.55. The zero-order chi connectivity index (χ0) is 35.7. The molecule has 1 atom stereocenters. The van der Waals surface area contributed by atoms with Crippen LogP contribution in [0.25, 0.3) is 0 Å². The normalized spacial score (nSPS) is 14.0. The molecule has 5 rings (SSSR count). The lowest BCUT2D eigenvalue weighted by molar-refractivity contribution is -0.140. The largest absolute Gasteiger partial charge is 0.493 e. The molecular formula is C38H41Cl2N3O6S. The van der Waals surface area contributed by atoms with Crippen LogP contribution in [0.15, 0.2) is 102 Å². The van der Waals surface area contributed by atoms with Crippen molar-refractivity contribution in [3.05, 3.63) is 118 Å². The van der Waals surface area contributed by atoms with Gasteiger partial charge in [-0.1, -0.05) is 97.1 Å². The van der Waals surface area contributed by atoms with Crippen LogP contribution in [-0.2, 0) is 32.6 Å². The van der Waals surface area contributed by atoms with Gasteiger partial charge in [-0.2, -0.15) is 0 Å². The SMILES string of the molecule is COc1ccc(N(CC(=O)N(Cc2ccc(Cl)cc2Cl)[C@H](Cc2ccccc2)C(=O)NC2CCCCC2)S(=O)(=O)c2ccccc2)cc1OC. The first-order valence-electron chi connectivity index (χ1n) is 16.5. The summed E-state index contributed by atoms with van der Waals surface area (Å²) in [5, 5.41) is 3.94. The number of hydrogen-bond donors (Lipinski definition) is 1. The fourth-order valence-electron chi connectivity index (χ4n) is 6.16. The van der Waals surface area contributed by atoms with Crippen molar-refractivity contribution >= 4 is 50.7 Å². The molecule has 264 valence electrons. The number of halogens is 2. The van der Waals surface area contributed by atoms with Gasteiger partial charge in [0.25, 0.3) is 10.0 Å². The van der Waals surface area contributed by atoms with E-state index in [0.29, 0.717) is 21.4 Å². The number of carbonyl (C=O) groups is 2. The molecule has 4 aromatic rings. The maximum absolute atomic E-state index is 14.8. The van der Waals surface area contributed by atoms with E-state index in [1.807, 2.05) is 30.3 Å². The monoisotopic (exact) mass is 737 g/mol. The Labute approximate surface area is 304 Å². The van der Waals surface area contributed by atoms with Crippen molar-refractivity contribution in [1.82, 2.24) is 10.2 Å². The van der Waals surface area contributed by atoms with Crippen LogP contribution in [0.5, 0.6) is 11.5 Å². The number of benzene rings is 4. The third-order valence-electron chi connectivity index (χ3n) is 8.84. The van der Waals surface area contributed by atoms with Gasteiger partial charge in [-0.15, -0.1) is 0 Å². The second kappa shape index (κ2) is 17.1. The number of amides is 2. The molecule has 1 aliphatic carbocycles. The van der Waals surface area contributed by atoms with Crippen LogP contribution in [0, 0.1) is 0 Å². The van der Waals surface area contributed by atoms with Crippen molar-refractivity contribution in [3.8, 4) is 11.5 Å². The summed E-state index contributed by atoms with van der Waals surface area (Å²) < 4.78 is 40.5. The molecule has 0 radical (unpaired) electrons. The van der Waals surface area contributed by atoms with Crippen LogP contribution in [0.3, 0.4) is 0 Å². The lowest BCUT2D eigenvalue weighted by atomic mass is 9.94. The molecule has 0 saturated heterocycles. The van der Waals surface area contributed by atoms with Crippen LogP contribution in [0.4, 0.5) is 5.69 Å². The van der Waals surface area contributed by atoms with E-state index in [1.54, 1.807) is 48.5 Å². The van der Waals surface area contributed by atoms with E-state index in [0.717, 1.165) is 42.0 Å². The molecule has 9 nitrogen and oxygen atoms in total. The molecule has 0 unspecified atom stereocenters. The van der Waals surface area contributed by atoms with E-state index in [1.165, 1.54) is 37.3 Å². The van der Waals surface area contributed by atoms with Crippen LogP contribution in [-0.4, -0.2) is 58.0 Å². The van der Waals surface area contributed by atoms with Gasteiger partial charge in [0.05, 0.1) is 24.8 Å². The van der Waals surface area contributed by atoms with E-state index in [4.69, 9.17) is 32.7 Å². The van der Waals surface area contributed by atoms with Crippen molar-refractivity contribution in [2.45, 2.75) is 62.0 Å². The Morgan fingerprint density at radius 1 is 0.840 bits per heavy atom. The fourth-order valence-corrected chi connectivity index (χ4v) is 8.06. The average Bonchev–Trinajstić information content (AvgIpc) is 3.13. The maximum Gasteiger partial charge on any atom is 0.264 e. The average molecular weight is 739 g/mol. The molecule has 0 bridgehead atoms. The molecule has 0 spiro atoms. The zero-order valence-corrected chi connectivity index (χ0v) is 30.4. The highest BCUT2D eigenvalue weighted by molar-refractivity contribution is 7.92. The summed E-state index contributed by atoms with van der Waals surface area (Å²) >= 11 is 12.9. The number of hydrogen-bond acceptors (Lipinski definition) is 6. The summed E-state index contributed by atoms with van der Waals surface area (Å²) in [6.45, 7) is -0.699. The minimum atomic E-state index is -4.30. The van der Waals surface area contributed by atoms with Crippen molar-refractivity contribution in [2.24, 2.45) is 0 Å². The van der Waals surface area contributed by atoms with Gasteiger partial charge in [-0.25, -0.2) is 8.42 Å². The first-order valence-corrected chi connectivity index (χ1v) is 18.7. The third kappa shape index (κ3) is 9.10. The Balaban J connectivity index is 1.60. The van der Waals surface area contributed by atoms with E-state index >= 15 is 0 Å². The molecule has 0 aliphatic heterocycles. The van der Waals surface area contributed by atoms with Crippen LogP contribution >= 0.6 is 23.2 Å². The summed E-state index contributed by atoms with van der Waals surface area (Å²) in [6.07, 6.45) is 5.02. The molecule has 4 aromatic carbocycles. The minimum absolute atomic E-state index is 0.00856. The number of nitrogens with one attached hydrogen (secondary N) is 1. The van der Waals surface area contributed by atoms with Crippen molar-refractivity contribution in [2.75, 3.05) is 25.1 Å². The maximum atomic E-state index is 14.8. The number of methoxy groups -OCH3 is 2. The van der Waals surface area contributed by atoms with Gasteiger partial charge in [-0.05, 0) is 60.4 Å². The second-order valence-corrected chi connectivity index (χ2v) is 14.9. The Morgan fingerprint density at radius 2 is 1.50 bits per heavy atom. The van der Waals surface area contributed by atoms with E-state index in [9.17, 15) is 18.0 Å². The topological polar surface area (TPSA) is 105 Å². The fraction of sp³-hybridized carbons (Fsp3) is 0.316. The number of nitrogens with zero attached hydrogens (tertiary/aromatic N) is 2. The van der Waals surface area contributed by atoms with Crippen LogP contribution < -0.4 is 19.1 Å². The zero-order valence-electron chi connectivity index (χ0n) is 28.1. The summed E-state index contributed by atoms with van der Waals surface area (Å²) in [5.41, 5.74) is 1.57. The highest BCUT2D eigenvalue weighted by Gasteiger charge is 2.36. The van der Waals surface area contributed by atoms with Crippen LogP contribution in [0.2, 0.25) is 10.0 Å². The predicted molar refractivity (Wildman–Crippen MR) is 196 cm³/mol. The van der Waals surface area contributed by atoms with Gasteiger partial charge < -0.3 is 19.7 Å². The molecule has 1 N–H and O–H groups in total. The molecule has 0 aromatic heterocycles. The van der Waals surface area contributed by atoms with E-state index in [2.05, 4.69) is 5.32 Å². The summed E-state index contributed by atoms with van der Waals surface area (Å²) in [4.78, 5) is 30.5. The van der Waals surface area contributed by atoms with Crippen molar-refractivity contribution < 1.29 is 27.5 Å². The summed E-state index contributed by atoms with van der Waals surface area (Å²) in [5.74, 6) is -0.252. The Hall–Kier alpha value is -4.25. The summed E-state index contributed by atoms with van der Waals surface area (Å²) in [6, 6.07) is 25.8. The first kappa shape index (κ1) is 37.0. The quantitative estimate of drug-likeness (QED) is 0.146.